The topological polar surface area (TPSA) is 53.2 Å². The number of nitrogens with one attached hydrogen (secondary N) is 2. The minimum absolute atomic E-state index is 0.0228. The standard InChI is InChI=1S/C20H28ClF3N4O/c1-13(2)5-8-29-17-10-14(9-16(18(17)21)20(22,23)24)19-15(11-26-27-19)12-28(4)7-6-25-3/h9-11,13,25H,5-8,12H2,1-4H3,(H,26,27). The Kier molecular flexibility index (Phi) is 8.36. The van der Waals surface area contributed by atoms with Crippen LogP contribution in [0.4, 0.5) is 13.2 Å². The number of H-pyrrole nitrogens is 1. The van der Waals surface area contributed by atoms with Crippen molar-refractivity contribution >= 4 is 11.6 Å². The average Bonchev–Trinajstić information content (AvgIpc) is 3.08. The minimum atomic E-state index is -4.59. The molecule has 5 nitrogen and oxygen atoms in total. The van der Waals surface area contributed by atoms with E-state index >= 15 is 0 Å². The van der Waals surface area contributed by atoms with E-state index in [1.165, 1.54) is 6.07 Å². The normalized spacial score (nSPS) is 12.2. The quantitative estimate of drug-likeness (QED) is 0.565. The van der Waals surface area contributed by atoms with Crippen LogP contribution in [0.25, 0.3) is 11.3 Å². The van der Waals surface area contributed by atoms with Crippen molar-refractivity contribution in [1.29, 1.82) is 0 Å². The van der Waals surface area contributed by atoms with Crippen LogP contribution in [0.2, 0.25) is 5.02 Å². The summed E-state index contributed by atoms with van der Waals surface area (Å²) in [7, 11) is 3.81. The van der Waals surface area contributed by atoms with Crippen molar-refractivity contribution in [3.63, 3.8) is 0 Å². The van der Waals surface area contributed by atoms with Crippen molar-refractivity contribution in [2.75, 3.05) is 33.8 Å². The lowest BCUT2D eigenvalue weighted by Gasteiger charge is -2.18. The van der Waals surface area contributed by atoms with E-state index in [0.29, 0.717) is 30.1 Å². The Morgan fingerprint density at radius 1 is 1.31 bits per heavy atom. The van der Waals surface area contributed by atoms with Crippen molar-refractivity contribution < 1.29 is 17.9 Å². The number of aromatic amines is 1. The van der Waals surface area contributed by atoms with Gasteiger partial charge in [0.15, 0.2) is 0 Å². The van der Waals surface area contributed by atoms with E-state index in [0.717, 1.165) is 24.7 Å². The van der Waals surface area contributed by atoms with Crippen molar-refractivity contribution in [3.05, 3.63) is 34.5 Å². The smallest absolute Gasteiger partial charge is 0.418 e. The van der Waals surface area contributed by atoms with E-state index in [2.05, 4.69) is 20.4 Å². The number of benzene rings is 1. The van der Waals surface area contributed by atoms with Crippen LogP contribution in [-0.2, 0) is 12.7 Å². The maximum atomic E-state index is 13.6. The van der Waals surface area contributed by atoms with E-state index in [9.17, 15) is 13.2 Å². The molecule has 0 saturated carbocycles. The first-order valence-corrected chi connectivity index (χ1v) is 9.91. The predicted molar refractivity (Wildman–Crippen MR) is 109 cm³/mol. The number of likely N-dealkylation sites (N-methyl/N-ethyl adjacent to an activating group) is 2. The number of nitrogens with zero attached hydrogens (tertiary/aromatic N) is 2. The highest BCUT2D eigenvalue weighted by atomic mass is 35.5. The number of hydrogen-bond acceptors (Lipinski definition) is 4. The van der Waals surface area contributed by atoms with Crippen LogP contribution < -0.4 is 10.1 Å². The first kappa shape index (κ1) is 23.5. The van der Waals surface area contributed by atoms with Gasteiger partial charge in [-0.05, 0) is 38.6 Å². The van der Waals surface area contributed by atoms with Crippen LogP contribution in [0, 0.1) is 5.92 Å². The fraction of sp³-hybridized carbons (Fsp3) is 0.550. The number of aromatic nitrogens is 2. The Morgan fingerprint density at radius 2 is 2.03 bits per heavy atom. The molecule has 2 rings (SSSR count). The summed E-state index contributed by atoms with van der Waals surface area (Å²) in [6, 6.07) is 2.57. The molecular weight excluding hydrogens is 405 g/mol. The van der Waals surface area contributed by atoms with Gasteiger partial charge in [-0.25, -0.2) is 0 Å². The number of ether oxygens (including phenoxy) is 1. The highest BCUT2D eigenvalue weighted by Crippen LogP contribution is 2.42. The lowest BCUT2D eigenvalue weighted by Crippen LogP contribution is -2.27. The van der Waals surface area contributed by atoms with Gasteiger partial charge < -0.3 is 15.0 Å². The fourth-order valence-corrected chi connectivity index (χ4v) is 3.08. The molecule has 2 aromatic rings. The fourth-order valence-electron chi connectivity index (χ4n) is 2.81. The Balaban J connectivity index is 2.38. The molecule has 0 spiro atoms. The van der Waals surface area contributed by atoms with Crippen LogP contribution in [-0.4, -0.2) is 48.9 Å². The molecule has 0 saturated heterocycles. The zero-order valence-electron chi connectivity index (χ0n) is 17.2. The summed E-state index contributed by atoms with van der Waals surface area (Å²) >= 11 is 6.04. The summed E-state index contributed by atoms with van der Waals surface area (Å²) < 4.78 is 46.3. The zero-order chi connectivity index (χ0) is 21.6. The molecule has 0 fully saturated rings. The molecule has 1 heterocycles. The number of hydrogen-bond donors (Lipinski definition) is 2. The molecule has 1 aromatic carbocycles. The van der Waals surface area contributed by atoms with Gasteiger partial charge in [0, 0.05) is 37.0 Å². The minimum Gasteiger partial charge on any atom is -0.492 e. The molecule has 29 heavy (non-hydrogen) atoms. The molecule has 9 heteroatoms. The third-order valence-electron chi connectivity index (χ3n) is 4.47. The molecule has 0 aliphatic carbocycles. The largest absolute Gasteiger partial charge is 0.492 e. The van der Waals surface area contributed by atoms with Crippen molar-refractivity contribution in [3.8, 4) is 17.0 Å². The van der Waals surface area contributed by atoms with Gasteiger partial charge >= 0.3 is 6.18 Å². The van der Waals surface area contributed by atoms with E-state index < -0.39 is 16.8 Å². The lowest BCUT2D eigenvalue weighted by molar-refractivity contribution is -0.137. The summed E-state index contributed by atoms with van der Waals surface area (Å²) in [5, 5.41) is 9.60. The van der Waals surface area contributed by atoms with Crippen molar-refractivity contribution in [1.82, 2.24) is 20.4 Å². The highest BCUT2D eigenvalue weighted by Gasteiger charge is 2.35. The summed E-state index contributed by atoms with van der Waals surface area (Å²) in [5.74, 6) is 0.389. The van der Waals surface area contributed by atoms with Crippen molar-refractivity contribution in [2.45, 2.75) is 33.0 Å². The van der Waals surface area contributed by atoms with Gasteiger partial charge in [-0.2, -0.15) is 18.3 Å². The molecule has 0 bridgehead atoms. The summed E-state index contributed by atoms with van der Waals surface area (Å²) in [6.45, 7) is 6.46. The van der Waals surface area contributed by atoms with E-state index in [1.807, 2.05) is 27.9 Å². The van der Waals surface area contributed by atoms with Crippen LogP contribution in [0.5, 0.6) is 5.75 Å². The zero-order valence-corrected chi connectivity index (χ0v) is 17.9. The Bertz CT molecular complexity index is 793. The van der Waals surface area contributed by atoms with Crippen LogP contribution >= 0.6 is 11.6 Å². The Labute approximate surface area is 174 Å². The maximum absolute atomic E-state index is 13.6. The first-order valence-electron chi connectivity index (χ1n) is 9.53. The predicted octanol–water partition coefficient (Wildman–Crippen LogP) is 4.83. The van der Waals surface area contributed by atoms with Gasteiger partial charge in [-0.3, -0.25) is 5.10 Å². The third kappa shape index (κ3) is 6.62. The molecule has 2 N–H and O–H groups in total. The number of rotatable bonds is 10. The Morgan fingerprint density at radius 3 is 2.66 bits per heavy atom. The van der Waals surface area contributed by atoms with Gasteiger partial charge in [0.1, 0.15) is 5.75 Å². The lowest BCUT2D eigenvalue weighted by atomic mass is 10.0. The Hall–Kier alpha value is -1.77. The monoisotopic (exact) mass is 432 g/mol. The first-order chi connectivity index (χ1) is 13.6. The maximum Gasteiger partial charge on any atom is 0.418 e. The molecule has 0 unspecified atom stereocenters. The molecule has 0 aliphatic heterocycles. The molecule has 0 aliphatic rings. The van der Waals surface area contributed by atoms with E-state index in [-0.39, 0.29) is 12.4 Å². The van der Waals surface area contributed by atoms with E-state index in [4.69, 9.17) is 16.3 Å². The molecule has 0 radical (unpaired) electrons. The van der Waals surface area contributed by atoms with Crippen LogP contribution in [0.15, 0.2) is 18.3 Å². The van der Waals surface area contributed by atoms with Gasteiger partial charge in [0.05, 0.1) is 22.9 Å². The number of halogens is 4. The molecule has 0 atom stereocenters. The SMILES string of the molecule is CNCCN(C)Cc1c[nH]nc1-c1cc(OCCC(C)C)c(Cl)c(C(F)(F)F)c1. The van der Waals surface area contributed by atoms with Crippen molar-refractivity contribution in [2.24, 2.45) is 5.92 Å². The molecule has 1 aromatic heterocycles. The third-order valence-corrected chi connectivity index (χ3v) is 4.86. The molecule has 0 amide bonds. The highest BCUT2D eigenvalue weighted by molar-refractivity contribution is 6.33. The van der Waals surface area contributed by atoms with E-state index in [1.54, 1.807) is 6.20 Å². The number of alkyl halides is 3. The van der Waals surface area contributed by atoms with Gasteiger partial charge in [0.25, 0.3) is 0 Å². The summed E-state index contributed by atoms with van der Waals surface area (Å²) in [5.41, 5.74) is 0.651. The summed E-state index contributed by atoms with van der Waals surface area (Å²) in [6.07, 6.45) is -2.18. The van der Waals surface area contributed by atoms with Crippen LogP contribution in [0.1, 0.15) is 31.4 Å². The van der Waals surface area contributed by atoms with Gasteiger partial charge in [-0.1, -0.05) is 25.4 Å². The average molecular weight is 433 g/mol. The summed E-state index contributed by atoms with van der Waals surface area (Å²) in [4.78, 5) is 2.06. The second-order valence-electron chi connectivity index (χ2n) is 7.47. The molecular formula is C20H28ClF3N4O. The van der Waals surface area contributed by atoms with Gasteiger partial charge in [-0.15, -0.1) is 0 Å². The second kappa shape index (κ2) is 10.3. The van der Waals surface area contributed by atoms with Crippen LogP contribution in [0.3, 0.4) is 0 Å². The second-order valence-corrected chi connectivity index (χ2v) is 7.84. The molecule has 162 valence electrons. The van der Waals surface area contributed by atoms with Gasteiger partial charge in [0.2, 0.25) is 0 Å².